The van der Waals surface area contributed by atoms with Crippen LogP contribution in [0.25, 0.3) is 0 Å². The molecule has 1 heterocycles. The zero-order valence-corrected chi connectivity index (χ0v) is 14.6. The minimum absolute atomic E-state index is 0.0270. The second-order valence-electron chi connectivity index (χ2n) is 8.17. The lowest BCUT2D eigenvalue weighted by Crippen LogP contribution is -2.39. The topological polar surface area (TPSA) is 41.1 Å². The van der Waals surface area contributed by atoms with Gasteiger partial charge in [-0.1, -0.05) is 38.1 Å². The molecule has 0 fully saturated rings. The standard InChI is InChI=1S/C21H26N2O/c1-21(2)12-17-19(18(24)13-21)20(14-8-4-3-5-9-14)23-16-11-7-6-10-15(16)22-17/h3-4,6-7,10-11,14,20,22-23H,5,8-9,12-13H2,1-2H3/t14-,20-/m0/s1. The van der Waals surface area contributed by atoms with E-state index in [0.717, 1.165) is 48.3 Å². The van der Waals surface area contributed by atoms with Gasteiger partial charge < -0.3 is 10.6 Å². The van der Waals surface area contributed by atoms with Gasteiger partial charge in [0.05, 0.1) is 17.4 Å². The molecule has 126 valence electrons. The highest BCUT2D eigenvalue weighted by atomic mass is 16.1. The van der Waals surface area contributed by atoms with E-state index in [1.54, 1.807) is 0 Å². The van der Waals surface area contributed by atoms with Crippen LogP contribution in [0.1, 0.15) is 46.0 Å². The number of para-hydroxylation sites is 2. The molecule has 2 N–H and O–H groups in total. The minimum Gasteiger partial charge on any atom is -0.376 e. The molecule has 1 aromatic carbocycles. The van der Waals surface area contributed by atoms with E-state index in [1.807, 2.05) is 6.07 Å². The molecule has 2 aliphatic carbocycles. The Morgan fingerprint density at radius 3 is 2.62 bits per heavy atom. The van der Waals surface area contributed by atoms with Crippen molar-refractivity contribution in [3.8, 4) is 0 Å². The number of hydrogen-bond acceptors (Lipinski definition) is 3. The van der Waals surface area contributed by atoms with Crippen LogP contribution in [0.5, 0.6) is 0 Å². The van der Waals surface area contributed by atoms with Crippen molar-refractivity contribution < 1.29 is 4.79 Å². The number of benzene rings is 1. The first-order valence-corrected chi connectivity index (χ1v) is 9.07. The quantitative estimate of drug-likeness (QED) is 0.723. The van der Waals surface area contributed by atoms with Crippen LogP contribution in [0.2, 0.25) is 0 Å². The fourth-order valence-corrected chi connectivity index (χ4v) is 4.40. The van der Waals surface area contributed by atoms with Gasteiger partial charge in [0.1, 0.15) is 0 Å². The summed E-state index contributed by atoms with van der Waals surface area (Å²) in [7, 11) is 0. The van der Waals surface area contributed by atoms with Gasteiger partial charge in [0.15, 0.2) is 5.78 Å². The largest absolute Gasteiger partial charge is 0.376 e. The van der Waals surface area contributed by atoms with E-state index in [-0.39, 0.29) is 11.5 Å². The van der Waals surface area contributed by atoms with Crippen molar-refractivity contribution in [1.82, 2.24) is 0 Å². The monoisotopic (exact) mass is 322 g/mol. The number of Topliss-reactive ketones (excluding diaryl/α,β-unsaturated/α-hetero) is 1. The van der Waals surface area contributed by atoms with Crippen molar-refractivity contribution in [2.45, 2.75) is 52.0 Å². The van der Waals surface area contributed by atoms with Crippen LogP contribution in [0, 0.1) is 11.3 Å². The van der Waals surface area contributed by atoms with E-state index in [0.29, 0.717) is 18.1 Å². The van der Waals surface area contributed by atoms with Crippen molar-refractivity contribution >= 4 is 17.2 Å². The van der Waals surface area contributed by atoms with Gasteiger partial charge in [-0.05, 0) is 49.1 Å². The lowest BCUT2D eigenvalue weighted by atomic mass is 9.71. The molecule has 0 amide bonds. The first-order chi connectivity index (χ1) is 11.5. The lowest BCUT2D eigenvalue weighted by molar-refractivity contribution is -0.118. The van der Waals surface area contributed by atoms with Gasteiger partial charge in [-0.2, -0.15) is 0 Å². The van der Waals surface area contributed by atoms with E-state index >= 15 is 0 Å². The molecular formula is C21H26N2O. The van der Waals surface area contributed by atoms with Gasteiger partial charge >= 0.3 is 0 Å². The average Bonchev–Trinajstić information content (AvgIpc) is 2.70. The molecule has 1 aliphatic heterocycles. The highest BCUT2D eigenvalue weighted by Gasteiger charge is 2.40. The summed E-state index contributed by atoms with van der Waals surface area (Å²) in [5.74, 6) is 0.798. The number of fused-ring (bicyclic) bond motifs is 1. The van der Waals surface area contributed by atoms with Crippen LogP contribution >= 0.6 is 0 Å². The third-order valence-electron chi connectivity index (χ3n) is 5.54. The Morgan fingerprint density at radius 2 is 1.88 bits per heavy atom. The summed E-state index contributed by atoms with van der Waals surface area (Å²) in [6.45, 7) is 4.39. The maximum atomic E-state index is 13.0. The summed E-state index contributed by atoms with van der Waals surface area (Å²) >= 11 is 0. The summed E-state index contributed by atoms with van der Waals surface area (Å²) in [5, 5.41) is 7.31. The Labute approximate surface area is 144 Å². The van der Waals surface area contributed by atoms with Gasteiger partial charge in [0.25, 0.3) is 0 Å². The minimum atomic E-state index is 0.0270. The number of nitrogens with one attached hydrogen (secondary N) is 2. The van der Waals surface area contributed by atoms with Crippen molar-refractivity contribution in [3.63, 3.8) is 0 Å². The molecule has 4 rings (SSSR count). The molecule has 0 spiro atoms. The molecule has 0 saturated heterocycles. The van der Waals surface area contributed by atoms with Crippen molar-refractivity contribution in [1.29, 1.82) is 0 Å². The van der Waals surface area contributed by atoms with Crippen LogP contribution in [0.3, 0.4) is 0 Å². The number of allylic oxidation sites excluding steroid dienone is 3. The Bertz CT molecular complexity index is 729. The Morgan fingerprint density at radius 1 is 1.08 bits per heavy atom. The van der Waals surface area contributed by atoms with E-state index in [2.05, 4.69) is 54.8 Å². The summed E-state index contributed by atoms with van der Waals surface area (Å²) in [4.78, 5) is 13.0. The van der Waals surface area contributed by atoms with Crippen LogP contribution < -0.4 is 10.6 Å². The van der Waals surface area contributed by atoms with Gasteiger partial charge in [-0.3, -0.25) is 4.79 Å². The van der Waals surface area contributed by atoms with E-state index in [4.69, 9.17) is 0 Å². The van der Waals surface area contributed by atoms with Crippen LogP contribution in [0.15, 0.2) is 47.7 Å². The molecule has 3 heteroatoms. The van der Waals surface area contributed by atoms with Crippen LogP contribution in [-0.2, 0) is 4.79 Å². The van der Waals surface area contributed by atoms with Gasteiger partial charge in [-0.25, -0.2) is 0 Å². The van der Waals surface area contributed by atoms with Crippen LogP contribution in [-0.4, -0.2) is 11.8 Å². The molecular weight excluding hydrogens is 296 g/mol. The summed E-state index contributed by atoms with van der Waals surface area (Å²) in [5.41, 5.74) is 4.36. The van der Waals surface area contributed by atoms with Gasteiger partial charge in [-0.15, -0.1) is 0 Å². The molecule has 1 aromatic rings. The Hall–Kier alpha value is -2.03. The predicted octanol–water partition coefficient (Wildman–Crippen LogP) is 4.89. The molecule has 0 aromatic heterocycles. The molecule has 24 heavy (non-hydrogen) atoms. The first kappa shape index (κ1) is 15.5. The molecule has 0 saturated carbocycles. The molecule has 2 atom stereocenters. The number of rotatable bonds is 1. The molecule has 3 nitrogen and oxygen atoms in total. The first-order valence-electron chi connectivity index (χ1n) is 9.07. The highest BCUT2D eigenvalue weighted by molar-refractivity contribution is 6.00. The lowest BCUT2D eigenvalue weighted by Gasteiger charge is -2.37. The third kappa shape index (κ3) is 2.77. The molecule has 3 aliphatic rings. The second-order valence-corrected chi connectivity index (χ2v) is 8.17. The number of carbonyl (C=O) groups is 1. The zero-order chi connectivity index (χ0) is 16.7. The predicted molar refractivity (Wildman–Crippen MR) is 99.0 cm³/mol. The SMILES string of the molecule is CC1(C)CC(=O)C2=C(C1)Nc1ccccc1N[C@H]2[C@H]1CC=CCC1. The summed E-state index contributed by atoms with van der Waals surface area (Å²) in [6, 6.07) is 8.43. The number of hydrogen-bond donors (Lipinski definition) is 2. The maximum Gasteiger partial charge on any atom is 0.163 e. The molecule has 0 unspecified atom stereocenters. The molecule has 0 bridgehead atoms. The normalized spacial score (nSPS) is 28.3. The fourth-order valence-electron chi connectivity index (χ4n) is 4.40. The van der Waals surface area contributed by atoms with Gasteiger partial charge in [0, 0.05) is 17.7 Å². The number of carbonyl (C=O) groups excluding carboxylic acids is 1. The summed E-state index contributed by atoms with van der Waals surface area (Å²) < 4.78 is 0. The van der Waals surface area contributed by atoms with E-state index in [9.17, 15) is 4.79 Å². The smallest absolute Gasteiger partial charge is 0.163 e. The number of anilines is 2. The summed E-state index contributed by atoms with van der Waals surface area (Å²) in [6.07, 6.45) is 9.42. The van der Waals surface area contributed by atoms with E-state index < -0.39 is 0 Å². The Kier molecular flexibility index (Phi) is 3.75. The zero-order valence-electron chi connectivity index (χ0n) is 14.6. The second kappa shape index (κ2) is 5.80. The maximum absolute atomic E-state index is 13.0. The Balaban J connectivity index is 1.80. The van der Waals surface area contributed by atoms with Crippen molar-refractivity contribution in [3.05, 3.63) is 47.7 Å². The van der Waals surface area contributed by atoms with Crippen molar-refractivity contribution in [2.24, 2.45) is 11.3 Å². The highest BCUT2D eigenvalue weighted by Crippen LogP contribution is 2.44. The van der Waals surface area contributed by atoms with Crippen molar-refractivity contribution in [2.75, 3.05) is 10.6 Å². The number of ketones is 1. The fraction of sp³-hybridized carbons (Fsp3) is 0.476. The average molecular weight is 322 g/mol. The van der Waals surface area contributed by atoms with E-state index in [1.165, 1.54) is 0 Å². The van der Waals surface area contributed by atoms with Crippen LogP contribution in [0.4, 0.5) is 11.4 Å². The molecule has 0 radical (unpaired) electrons. The third-order valence-corrected chi connectivity index (χ3v) is 5.54. The van der Waals surface area contributed by atoms with Gasteiger partial charge in [0.2, 0.25) is 0 Å².